The molecular formula is C23H26N4O2S. The molecule has 1 aromatic carbocycles. The van der Waals surface area contributed by atoms with Gasteiger partial charge in [0.1, 0.15) is 10.8 Å². The van der Waals surface area contributed by atoms with Crippen molar-refractivity contribution in [3.63, 3.8) is 0 Å². The number of fused-ring (bicyclic) bond motifs is 2. The molecule has 1 amide bonds. The number of aryl methyl sites for hydroxylation is 1. The lowest BCUT2D eigenvalue weighted by Gasteiger charge is -2.34. The van der Waals surface area contributed by atoms with E-state index in [0.717, 1.165) is 68.9 Å². The second kappa shape index (κ2) is 8.30. The van der Waals surface area contributed by atoms with Crippen LogP contribution in [0.1, 0.15) is 72.2 Å². The molecule has 7 heteroatoms. The minimum Gasteiger partial charge on any atom is -0.329 e. The summed E-state index contributed by atoms with van der Waals surface area (Å²) in [7, 11) is 0. The van der Waals surface area contributed by atoms with Crippen molar-refractivity contribution in [1.82, 2.24) is 19.4 Å². The monoisotopic (exact) mass is 422 g/mol. The normalized spacial score (nSPS) is 19.9. The number of hydrogen-bond donors (Lipinski definition) is 0. The summed E-state index contributed by atoms with van der Waals surface area (Å²) in [5.41, 5.74) is 1.27. The van der Waals surface area contributed by atoms with Gasteiger partial charge in [-0.25, -0.2) is 9.97 Å². The van der Waals surface area contributed by atoms with E-state index < -0.39 is 0 Å². The third-order valence-corrected chi connectivity index (χ3v) is 7.19. The quantitative estimate of drug-likeness (QED) is 0.616. The Balaban J connectivity index is 1.52. The van der Waals surface area contributed by atoms with Gasteiger partial charge in [0, 0.05) is 36.7 Å². The summed E-state index contributed by atoms with van der Waals surface area (Å²) in [6.45, 7) is 1.47. The van der Waals surface area contributed by atoms with E-state index in [9.17, 15) is 9.59 Å². The van der Waals surface area contributed by atoms with E-state index in [1.54, 1.807) is 29.7 Å². The van der Waals surface area contributed by atoms with E-state index in [0.29, 0.717) is 16.5 Å². The highest BCUT2D eigenvalue weighted by Gasteiger charge is 2.30. The fourth-order valence-corrected chi connectivity index (χ4v) is 5.51. The first-order valence-electron chi connectivity index (χ1n) is 11.0. The number of piperidine rings is 1. The fourth-order valence-electron chi connectivity index (χ4n) is 4.72. The van der Waals surface area contributed by atoms with Gasteiger partial charge in [0.05, 0.1) is 16.9 Å². The Morgan fingerprint density at radius 3 is 2.80 bits per heavy atom. The maximum atomic E-state index is 13.4. The highest BCUT2D eigenvalue weighted by atomic mass is 32.1. The van der Waals surface area contributed by atoms with Crippen LogP contribution in [0.3, 0.4) is 0 Å². The average molecular weight is 423 g/mol. The Labute approximate surface area is 179 Å². The van der Waals surface area contributed by atoms with E-state index in [2.05, 4.69) is 4.98 Å². The van der Waals surface area contributed by atoms with Crippen LogP contribution in [0.15, 0.2) is 34.6 Å². The van der Waals surface area contributed by atoms with Gasteiger partial charge in [0.15, 0.2) is 0 Å². The van der Waals surface area contributed by atoms with Crippen LogP contribution in [0, 0.1) is 0 Å². The van der Waals surface area contributed by atoms with Crippen LogP contribution in [-0.4, -0.2) is 31.9 Å². The zero-order valence-electron chi connectivity index (χ0n) is 17.0. The van der Waals surface area contributed by atoms with Gasteiger partial charge in [-0.1, -0.05) is 12.8 Å². The van der Waals surface area contributed by atoms with Crippen molar-refractivity contribution >= 4 is 28.1 Å². The van der Waals surface area contributed by atoms with Crippen LogP contribution in [0.2, 0.25) is 0 Å². The van der Waals surface area contributed by atoms with E-state index in [4.69, 9.17) is 4.98 Å². The summed E-state index contributed by atoms with van der Waals surface area (Å²) in [5, 5.41) is 3.57. The first kappa shape index (κ1) is 19.4. The average Bonchev–Trinajstić information content (AvgIpc) is 3.29. The molecule has 156 valence electrons. The molecule has 0 spiro atoms. The number of likely N-dealkylation sites (tertiary alicyclic amines) is 1. The smallest absolute Gasteiger partial charge is 0.261 e. The molecule has 0 bridgehead atoms. The molecule has 6 nitrogen and oxygen atoms in total. The van der Waals surface area contributed by atoms with Crippen LogP contribution in [-0.2, 0) is 13.0 Å². The number of rotatable bonds is 2. The summed E-state index contributed by atoms with van der Waals surface area (Å²) >= 11 is 1.61. The van der Waals surface area contributed by atoms with E-state index >= 15 is 0 Å². The molecule has 2 aliphatic heterocycles. The van der Waals surface area contributed by atoms with Crippen LogP contribution in [0.4, 0.5) is 0 Å². The van der Waals surface area contributed by atoms with Gasteiger partial charge in [-0.3, -0.25) is 14.2 Å². The Bertz CT molecular complexity index is 1120. The number of carbonyl (C=O) groups excluding carboxylic acids is 1. The van der Waals surface area contributed by atoms with Gasteiger partial charge in [0.25, 0.3) is 11.5 Å². The van der Waals surface area contributed by atoms with Crippen molar-refractivity contribution in [2.75, 3.05) is 6.54 Å². The van der Waals surface area contributed by atoms with Crippen molar-refractivity contribution in [1.29, 1.82) is 0 Å². The van der Waals surface area contributed by atoms with Crippen LogP contribution in [0.5, 0.6) is 0 Å². The molecule has 2 aromatic heterocycles. The van der Waals surface area contributed by atoms with Crippen molar-refractivity contribution < 1.29 is 4.79 Å². The second-order valence-electron chi connectivity index (χ2n) is 8.26. The van der Waals surface area contributed by atoms with E-state index in [-0.39, 0.29) is 17.5 Å². The number of aromatic nitrogens is 3. The van der Waals surface area contributed by atoms with Crippen LogP contribution >= 0.6 is 11.3 Å². The summed E-state index contributed by atoms with van der Waals surface area (Å²) < 4.78 is 1.84. The molecule has 0 radical (unpaired) electrons. The molecular weight excluding hydrogens is 396 g/mol. The molecule has 1 unspecified atom stereocenters. The first-order valence-corrected chi connectivity index (χ1v) is 11.8. The maximum Gasteiger partial charge on any atom is 0.261 e. The maximum absolute atomic E-state index is 13.4. The Morgan fingerprint density at radius 1 is 1.07 bits per heavy atom. The predicted octanol–water partition coefficient (Wildman–Crippen LogP) is 4.34. The number of nitrogens with zero attached hydrogens (tertiary/aromatic N) is 4. The molecule has 0 N–H and O–H groups in total. The Hall–Kier alpha value is -2.54. The molecule has 5 rings (SSSR count). The molecule has 1 saturated heterocycles. The topological polar surface area (TPSA) is 68.1 Å². The van der Waals surface area contributed by atoms with E-state index in [1.807, 2.05) is 20.9 Å². The summed E-state index contributed by atoms with van der Waals surface area (Å²) in [6.07, 6.45) is 10.1. The number of benzene rings is 1. The third kappa shape index (κ3) is 3.55. The number of carbonyl (C=O) groups is 1. The summed E-state index contributed by atoms with van der Waals surface area (Å²) in [4.78, 5) is 37.7. The lowest BCUT2D eigenvalue weighted by Crippen LogP contribution is -2.38. The SMILES string of the molecule is O=C(c1ccc2c(=O)n3c(nc2c1)CCCCCC3)N1CCCCC1c1nccs1. The van der Waals surface area contributed by atoms with Crippen LogP contribution < -0.4 is 5.56 Å². The van der Waals surface area contributed by atoms with Gasteiger partial charge >= 0.3 is 0 Å². The standard InChI is InChI=1S/C23H26N4O2S/c28-22(26-12-6-4-7-19(26)21-24-11-14-30-21)16-9-10-17-18(15-16)25-20-8-3-1-2-5-13-27(20)23(17)29/h9-11,14-15,19H,1-8,12-13H2. The number of thiazole rings is 1. The van der Waals surface area contributed by atoms with Gasteiger partial charge in [0.2, 0.25) is 0 Å². The zero-order valence-corrected chi connectivity index (χ0v) is 17.9. The molecule has 3 aromatic rings. The minimum atomic E-state index is 0.00504. The fraction of sp³-hybridized carbons (Fsp3) is 0.478. The molecule has 2 aliphatic rings. The lowest BCUT2D eigenvalue weighted by molar-refractivity contribution is 0.0611. The van der Waals surface area contributed by atoms with Crippen molar-refractivity contribution in [2.24, 2.45) is 0 Å². The molecule has 0 aliphatic carbocycles. The Kier molecular flexibility index (Phi) is 5.37. The predicted molar refractivity (Wildman–Crippen MR) is 118 cm³/mol. The molecule has 30 heavy (non-hydrogen) atoms. The Morgan fingerprint density at radius 2 is 1.93 bits per heavy atom. The first-order chi connectivity index (χ1) is 14.7. The highest BCUT2D eigenvalue weighted by molar-refractivity contribution is 7.09. The summed E-state index contributed by atoms with van der Waals surface area (Å²) in [6, 6.07) is 5.42. The summed E-state index contributed by atoms with van der Waals surface area (Å²) in [5.74, 6) is 0.862. The molecule has 4 heterocycles. The highest BCUT2D eigenvalue weighted by Crippen LogP contribution is 2.33. The number of amides is 1. The molecule has 0 saturated carbocycles. The molecule has 1 atom stereocenters. The number of hydrogen-bond acceptors (Lipinski definition) is 5. The second-order valence-corrected chi connectivity index (χ2v) is 9.19. The van der Waals surface area contributed by atoms with Crippen molar-refractivity contribution in [3.05, 3.63) is 56.5 Å². The minimum absolute atomic E-state index is 0.00504. The van der Waals surface area contributed by atoms with Crippen LogP contribution in [0.25, 0.3) is 10.9 Å². The largest absolute Gasteiger partial charge is 0.329 e. The lowest BCUT2D eigenvalue weighted by atomic mass is 10.0. The van der Waals surface area contributed by atoms with Gasteiger partial charge < -0.3 is 4.90 Å². The van der Waals surface area contributed by atoms with Crippen molar-refractivity contribution in [3.8, 4) is 0 Å². The van der Waals surface area contributed by atoms with E-state index in [1.165, 1.54) is 6.42 Å². The van der Waals surface area contributed by atoms with Gasteiger partial charge in [-0.2, -0.15) is 0 Å². The van der Waals surface area contributed by atoms with Gasteiger partial charge in [-0.15, -0.1) is 11.3 Å². The third-order valence-electron chi connectivity index (χ3n) is 6.31. The zero-order chi connectivity index (χ0) is 20.5. The molecule has 1 fully saturated rings. The van der Waals surface area contributed by atoms with Crippen molar-refractivity contribution in [2.45, 2.75) is 64.0 Å². The van der Waals surface area contributed by atoms with Gasteiger partial charge in [-0.05, 0) is 50.3 Å².